The lowest BCUT2D eigenvalue weighted by molar-refractivity contribution is -0.123. The van der Waals surface area contributed by atoms with Crippen LogP contribution in [0.2, 0.25) is 0 Å². The van der Waals surface area contributed by atoms with E-state index in [1.165, 1.54) is 51.4 Å². The minimum Gasteiger partial charge on any atom is -0.391 e. The SMILES string of the molecule is CCC/C=C\CCCCCCCC(=O)NC(COP(=O)(O)OCCN)C(O)CCCCCCCCCCC. The molecule has 0 aliphatic heterocycles. The highest BCUT2D eigenvalue weighted by atomic mass is 31.2. The molecule has 3 unspecified atom stereocenters. The number of aliphatic hydroxyl groups excluding tert-OH is 1. The molecular weight excluding hydrogens is 503 g/mol. The Morgan fingerprint density at radius 1 is 0.842 bits per heavy atom. The second kappa shape index (κ2) is 26.5. The molecule has 3 atom stereocenters. The molecule has 0 rings (SSSR count). The molecule has 0 spiro atoms. The van der Waals surface area contributed by atoms with E-state index in [0.717, 1.165) is 57.8 Å². The predicted octanol–water partition coefficient (Wildman–Crippen LogP) is 6.93. The molecule has 0 bridgehead atoms. The molecule has 0 saturated carbocycles. The van der Waals surface area contributed by atoms with Crippen molar-refractivity contribution in [1.82, 2.24) is 5.32 Å². The number of nitrogens with one attached hydrogen (secondary N) is 1. The van der Waals surface area contributed by atoms with E-state index >= 15 is 0 Å². The minimum atomic E-state index is -4.29. The summed E-state index contributed by atoms with van der Waals surface area (Å²) in [4.78, 5) is 22.4. The number of unbranched alkanes of at least 4 members (excludes halogenated alkanes) is 14. The number of carbonyl (C=O) groups excluding carboxylic acids is 1. The first-order chi connectivity index (χ1) is 18.4. The van der Waals surface area contributed by atoms with Crippen LogP contribution in [0.5, 0.6) is 0 Å². The molecule has 8 nitrogen and oxygen atoms in total. The topological polar surface area (TPSA) is 131 Å². The summed E-state index contributed by atoms with van der Waals surface area (Å²) >= 11 is 0. The van der Waals surface area contributed by atoms with E-state index < -0.39 is 20.0 Å². The molecule has 0 fully saturated rings. The third-order valence-corrected chi connectivity index (χ3v) is 7.58. The van der Waals surface area contributed by atoms with Gasteiger partial charge in [0.1, 0.15) is 0 Å². The molecule has 0 aliphatic carbocycles. The summed E-state index contributed by atoms with van der Waals surface area (Å²) in [6.07, 6.45) is 23.7. The van der Waals surface area contributed by atoms with E-state index in [1.54, 1.807) is 0 Å². The fraction of sp³-hybridized carbons (Fsp3) is 0.897. The Morgan fingerprint density at radius 2 is 1.42 bits per heavy atom. The minimum absolute atomic E-state index is 0.0882. The van der Waals surface area contributed by atoms with Crippen LogP contribution in [0, 0.1) is 0 Å². The maximum atomic E-state index is 12.5. The van der Waals surface area contributed by atoms with Gasteiger partial charge in [-0.25, -0.2) is 4.57 Å². The van der Waals surface area contributed by atoms with Gasteiger partial charge in [-0.05, 0) is 32.1 Å². The van der Waals surface area contributed by atoms with Gasteiger partial charge in [0.25, 0.3) is 0 Å². The van der Waals surface area contributed by atoms with Crippen LogP contribution in [0.15, 0.2) is 12.2 Å². The molecule has 0 aromatic rings. The molecule has 1 amide bonds. The van der Waals surface area contributed by atoms with Crippen LogP contribution >= 0.6 is 7.82 Å². The van der Waals surface area contributed by atoms with Gasteiger partial charge in [0.2, 0.25) is 5.91 Å². The molecule has 9 heteroatoms. The summed E-state index contributed by atoms with van der Waals surface area (Å²) in [6.45, 7) is 4.08. The van der Waals surface area contributed by atoms with Gasteiger partial charge in [0.05, 0.1) is 25.4 Å². The van der Waals surface area contributed by atoms with Crippen LogP contribution in [0.1, 0.15) is 136 Å². The fourth-order valence-electron chi connectivity index (χ4n) is 4.25. The molecule has 0 radical (unpaired) electrons. The van der Waals surface area contributed by atoms with E-state index in [2.05, 4.69) is 31.3 Å². The lowest BCUT2D eigenvalue weighted by Crippen LogP contribution is -2.46. The molecule has 5 N–H and O–H groups in total. The number of rotatable bonds is 28. The van der Waals surface area contributed by atoms with Gasteiger partial charge in [0, 0.05) is 13.0 Å². The smallest absolute Gasteiger partial charge is 0.391 e. The van der Waals surface area contributed by atoms with E-state index in [-0.39, 0.29) is 25.7 Å². The number of hydrogen-bond acceptors (Lipinski definition) is 6. The molecule has 226 valence electrons. The molecule has 0 aromatic heterocycles. The zero-order chi connectivity index (χ0) is 28.3. The molecule has 0 aliphatic rings. The lowest BCUT2D eigenvalue weighted by atomic mass is 10.0. The Morgan fingerprint density at radius 3 is 2.05 bits per heavy atom. The number of amides is 1. The van der Waals surface area contributed by atoms with Crippen LogP contribution in [-0.4, -0.2) is 47.8 Å². The monoisotopic (exact) mass is 562 g/mol. The summed E-state index contributed by atoms with van der Waals surface area (Å²) in [5, 5.41) is 13.6. The summed E-state index contributed by atoms with van der Waals surface area (Å²) in [5.74, 6) is -0.178. The summed E-state index contributed by atoms with van der Waals surface area (Å²) in [7, 11) is -4.29. The summed E-state index contributed by atoms with van der Waals surface area (Å²) in [6, 6.07) is -0.770. The van der Waals surface area contributed by atoms with Gasteiger partial charge in [-0.2, -0.15) is 0 Å². The molecule has 38 heavy (non-hydrogen) atoms. The van der Waals surface area contributed by atoms with E-state index in [9.17, 15) is 19.4 Å². The standard InChI is InChI=1S/C29H59N2O6P/c1-3-5-7-9-11-13-15-17-19-21-23-29(33)31-27(26-37-38(34,35)36-25-24-30)28(32)22-20-18-16-14-12-10-8-6-4-2/h7,9,27-28,32H,3-6,8,10-26,30H2,1-2H3,(H,31,33)(H,34,35)/b9-7-. The third-order valence-electron chi connectivity index (χ3n) is 6.60. The van der Waals surface area contributed by atoms with Crippen molar-refractivity contribution in [3.05, 3.63) is 12.2 Å². The molecule has 0 saturated heterocycles. The second-order valence-corrected chi connectivity index (χ2v) is 11.8. The molecule has 0 aromatic carbocycles. The Hall–Kier alpha value is -0.760. The van der Waals surface area contributed by atoms with Crippen LogP contribution in [0.25, 0.3) is 0 Å². The van der Waals surface area contributed by atoms with Crippen molar-refractivity contribution in [2.75, 3.05) is 19.8 Å². The lowest BCUT2D eigenvalue weighted by Gasteiger charge is -2.25. The van der Waals surface area contributed by atoms with Gasteiger partial charge in [-0.15, -0.1) is 0 Å². The first kappa shape index (κ1) is 37.2. The Balaban J connectivity index is 4.40. The second-order valence-electron chi connectivity index (χ2n) is 10.3. The zero-order valence-corrected chi connectivity index (χ0v) is 25.3. The molecular formula is C29H59N2O6P. The predicted molar refractivity (Wildman–Crippen MR) is 157 cm³/mol. The van der Waals surface area contributed by atoms with Gasteiger partial charge in [0.15, 0.2) is 0 Å². The van der Waals surface area contributed by atoms with Crippen LogP contribution in [-0.2, 0) is 18.4 Å². The third kappa shape index (κ3) is 24.3. The number of nitrogens with two attached hydrogens (primary N) is 1. The van der Waals surface area contributed by atoms with Crippen molar-refractivity contribution in [3.8, 4) is 0 Å². The Bertz CT molecular complexity index is 620. The van der Waals surface area contributed by atoms with E-state index in [4.69, 9.17) is 14.8 Å². The molecule has 0 heterocycles. The van der Waals surface area contributed by atoms with E-state index in [1.807, 2.05) is 0 Å². The van der Waals surface area contributed by atoms with Crippen LogP contribution in [0.4, 0.5) is 0 Å². The van der Waals surface area contributed by atoms with Crippen molar-refractivity contribution < 1.29 is 28.4 Å². The normalized spacial score (nSPS) is 15.0. The average molecular weight is 563 g/mol. The van der Waals surface area contributed by atoms with Gasteiger partial charge < -0.3 is 21.1 Å². The fourth-order valence-corrected chi connectivity index (χ4v) is 5.01. The number of aliphatic hydroxyl groups is 1. The maximum Gasteiger partial charge on any atom is 0.472 e. The van der Waals surface area contributed by atoms with Gasteiger partial charge in [-0.1, -0.05) is 109 Å². The highest BCUT2D eigenvalue weighted by Gasteiger charge is 2.27. The number of phosphoric acid groups is 1. The van der Waals surface area contributed by atoms with Crippen LogP contribution in [0.3, 0.4) is 0 Å². The Kier molecular flexibility index (Phi) is 25.9. The average Bonchev–Trinajstić information content (AvgIpc) is 2.89. The largest absolute Gasteiger partial charge is 0.472 e. The number of carbonyl (C=O) groups is 1. The first-order valence-electron chi connectivity index (χ1n) is 15.3. The van der Waals surface area contributed by atoms with Crippen molar-refractivity contribution >= 4 is 13.7 Å². The van der Waals surface area contributed by atoms with Crippen molar-refractivity contribution in [1.29, 1.82) is 0 Å². The number of allylic oxidation sites excluding steroid dienone is 2. The highest BCUT2D eigenvalue weighted by Crippen LogP contribution is 2.43. The van der Waals surface area contributed by atoms with Crippen molar-refractivity contribution in [3.63, 3.8) is 0 Å². The number of phosphoric ester groups is 1. The van der Waals surface area contributed by atoms with E-state index in [0.29, 0.717) is 12.8 Å². The Labute approximate surface area is 233 Å². The zero-order valence-electron chi connectivity index (χ0n) is 24.4. The summed E-state index contributed by atoms with van der Waals surface area (Å²) in [5.41, 5.74) is 5.32. The maximum absolute atomic E-state index is 12.5. The van der Waals surface area contributed by atoms with Gasteiger partial charge in [-0.3, -0.25) is 13.8 Å². The van der Waals surface area contributed by atoms with Gasteiger partial charge >= 0.3 is 7.82 Å². The quantitative estimate of drug-likeness (QED) is 0.0462. The number of hydrogen-bond donors (Lipinski definition) is 4. The summed E-state index contributed by atoms with van der Waals surface area (Å²) < 4.78 is 21.9. The van der Waals surface area contributed by atoms with Crippen molar-refractivity contribution in [2.45, 2.75) is 148 Å². The highest BCUT2D eigenvalue weighted by molar-refractivity contribution is 7.47. The first-order valence-corrected chi connectivity index (χ1v) is 16.8. The van der Waals surface area contributed by atoms with Crippen LogP contribution < -0.4 is 11.1 Å². The van der Waals surface area contributed by atoms with Crippen molar-refractivity contribution in [2.24, 2.45) is 5.73 Å².